The number of amides is 1. The highest BCUT2D eigenvalue weighted by molar-refractivity contribution is 5.82. The number of carboxylic acid groups (broad SMARTS) is 1. The van der Waals surface area contributed by atoms with Gasteiger partial charge in [-0.05, 0) is 19.1 Å². The SMILES string of the molecule is CC(NC(=O)O)c1nc2c(C(F)F)cc(F)cc2c(=O)n1-c1ccn[nH]1. The Morgan fingerprint density at radius 3 is 2.69 bits per heavy atom. The predicted octanol–water partition coefficient (Wildman–Crippen LogP) is 2.51. The molecule has 0 aliphatic carbocycles. The average Bonchev–Trinajstić information content (AvgIpc) is 3.07. The average molecular weight is 367 g/mol. The Morgan fingerprint density at radius 1 is 1.38 bits per heavy atom. The molecule has 3 aromatic rings. The molecular formula is C15H12F3N5O3. The van der Waals surface area contributed by atoms with Gasteiger partial charge in [0.2, 0.25) is 0 Å². The second-order valence-corrected chi connectivity index (χ2v) is 5.42. The molecule has 2 heterocycles. The molecule has 1 amide bonds. The van der Waals surface area contributed by atoms with E-state index in [0.717, 1.165) is 10.6 Å². The van der Waals surface area contributed by atoms with E-state index in [9.17, 15) is 22.8 Å². The lowest BCUT2D eigenvalue weighted by Gasteiger charge is -2.18. The molecule has 1 atom stereocenters. The highest BCUT2D eigenvalue weighted by atomic mass is 19.3. The first-order chi connectivity index (χ1) is 12.3. The summed E-state index contributed by atoms with van der Waals surface area (Å²) >= 11 is 0. The zero-order valence-electron chi connectivity index (χ0n) is 13.2. The van der Waals surface area contributed by atoms with Gasteiger partial charge in [0.05, 0.1) is 23.1 Å². The first-order valence-electron chi connectivity index (χ1n) is 7.33. The Kier molecular flexibility index (Phi) is 4.36. The fraction of sp³-hybridized carbons (Fsp3) is 0.200. The van der Waals surface area contributed by atoms with Gasteiger partial charge in [0.25, 0.3) is 12.0 Å². The number of carbonyl (C=O) groups is 1. The van der Waals surface area contributed by atoms with Crippen LogP contribution in [0.1, 0.15) is 30.8 Å². The Labute approximate surface area is 143 Å². The highest BCUT2D eigenvalue weighted by Gasteiger charge is 2.24. The Bertz CT molecular complexity index is 1030. The van der Waals surface area contributed by atoms with Gasteiger partial charge in [-0.3, -0.25) is 9.89 Å². The second kappa shape index (κ2) is 6.50. The summed E-state index contributed by atoms with van der Waals surface area (Å²) in [7, 11) is 0. The maximum absolute atomic E-state index is 13.7. The van der Waals surface area contributed by atoms with Crippen LogP contribution in [0.3, 0.4) is 0 Å². The summed E-state index contributed by atoms with van der Waals surface area (Å²) in [5, 5.41) is 16.9. The van der Waals surface area contributed by atoms with E-state index < -0.39 is 41.0 Å². The van der Waals surface area contributed by atoms with E-state index in [-0.39, 0.29) is 17.0 Å². The third-order valence-electron chi connectivity index (χ3n) is 3.68. The smallest absolute Gasteiger partial charge is 0.405 e. The number of alkyl halides is 2. The van der Waals surface area contributed by atoms with Gasteiger partial charge < -0.3 is 10.4 Å². The summed E-state index contributed by atoms with van der Waals surface area (Å²) in [5.74, 6) is -1.03. The summed E-state index contributed by atoms with van der Waals surface area (Å²) in [6.07, 6.45) is -3.13. The Morgan fingerprint density at radius 2 is 2.12 bits per heavy atom. The van der Waals surface area contributed by atoms with Crippen molar-refractivity contribution < 1.29 is 23.1 Å². The van der Waals surface area contributed by atoms with Gasteiger partial charge in [0.1, 0.15) is 17.5 Å². The van der Waals surface area contributed by atoms with Crippen LogP contribution in [0.25, 0.3) is 16.7 Å². The third-order valence-corrected chi connectivity index (χ3v) is 3.68. The normalized spacial score (nSPS) is 12.5. The van der Waals surface area contributed by atoms with Crippen LogP contribution in [-0.2, 0) is 0 Å². The Balaban J connectivity index is 2.41. The highest BCUT2D eigenvalue weighted by Crippen LogP contribution is 2.28. The van der Waals surface area contributed by atoms with Crippen molar-refractivity contribution in [2.75, 3.05) is 0 Å². The monoisotopic (exact) mass is 367 g/mol. The Hall–Kier alpha value is -3.37. The van der Waals surface area contributed by atoms with Crippen molar-refractivity contribution in [1.82, 2.24) is 25.1 Å². The number of aromatic amines is 1. The maximum Gasteiger partial charge on any atom is 0.405 e. The number of nitrogens with one attached hydrogen (secondary N) is 2. The lowest BCUT2D eigenvalue weighted by Crippen LogP contribution is -2.32. The van der Waals surface area contributed by atoms with Crippen molar-refractivity contribution in [2.45, 2.75) is 19.4 Å². The lowest BCUT2D eigenvalue weighted by molar-refractivity contribution is 0.152. The number of nitrogens with zero attached hydrogens (tertiary/aromatic N) is 3. The fourth-order valence-electron chi connectivity index (χ4n) is 2.61. The molecule has 26 heavy (non-hydrogen) atoms. The lowest BCUT2D eigenvalue weighted by atomic mass is 10.1. The molecule has 0 aliphatic heterocycles. The molecule has 8 nitrogen and oxygen atoms in total. The molecule has 3 N–H and O–H groups in total. The molecule has 2 aromatic heterocycles. The van der Waals surface area contributed by atoms with Gasteiger partial charge in [-0.25, -0.2) is 27.5 Å². The first kappa shape index (κ1) is 17.5. The van der Waals surface area contributed by atoms with Crippen LogP contribution in [0.4, 0.5) is 18.0 Å². The number of hydrogen-bond acceptors (Lipinski definition) is 4. The molecule has 0 aliphatic rings. The van der Waals surface area contributed by atoms with Gasteiger partial charge in [-0.15, -0.1) is 0 Å². The summed E-state index contributed by atoms with van der Waals surface area (Å²) in [5.41, 5.74) is -1.98. The van der Waals surface area contributed by atoms with Gasteiger partial charge in [0, 0.05) is 11.6 Å². The maximum atomic E-state index is 13.7. The van der Waals surface area contributed by atoms with Gasteiger partial charge in [-0.1, -0.05) is 0 Å². The standard InChI is InChI=1S/C15H12F3N5O3/c1-6(20-15(25)26)13-21-11-8(12(17)18)4-7(16)5-9(11)14(24)23(13)10-2-3-19-22-10/h2-6,12,20H,1H3,(H,19,22)(H,25,26). The summed E-state index contributed by atoms with van der Waals surface area (Å²) in [6, 6.07) is 1.78. The second-order valence-electron chi connectivity index (χ2n) is 5.42. The van der Waals surface area contributed by atoms with Crippen LogP contribution in [-0.4, -0.2) is 30.9 Å². The van der Waals surface area contributed by atoms with Crippen LogP contribution in [0, 0.1) is 5.82 Å². The number of H-pyrrole nitrogens is 1. The molecule has 1 aromatic carbocycles. The number of aromatic nitrogens is 4. The van der Waals surface area contributed by atoms with Crippen molar-refractivity contribution in [3.63, 3.8) is 0 Å². The molecule has 0 saturated heterocycles. The van der Waals surface area contributed by atoms with Crippen molar-refractivity contribution in [3.05, 3.63) is 52.0 Å². The largest absolute Gasteiger partial charge is 0.465 e. The van der Waals surface area contributed by atoms with E-state index in [2.05, 4.69) is 20.5 Å². The molecule has 0 fully saturated rings. The number of hydrogen-bond donors (Lipinski definition) is 3. The molecular weight excluding hydrogens is 355 g/mol. The van der Waals surface area contributed by atoms with Gasteiger partial charge in [0.15, 0.2) is 0 Å². The van der Waals surface area contributed by atoms with E-state index in [4.69, 9.17) is 5.11 Å². The minimum absolute atomic E-state index is 0.126. The number of halogens is 3. The molecule has 11 heteroatoms. The third kappa shape index (κ3) is 2.98. The number of fused-ring (bicyclic) bond motifs is 1. The molecule has 136 valence electrons. The van der Waals surface area contributed by atoms with Gasteiger partial charge >= 0.3 is 6.09 Å². The molecule has 0 bridgehead atoms. The van der Waals surface area contributed by atoms with Crippen LogP contribution < -0.4 is 10.9 Å². The van der Waals surface area contributed by atoms with E-state index in [1.165, 1.54) is 19.2 Å². The quantitative estimate of drug-likeness (QED) is 0.656. The topological polar surface area (TPSA) is 113 Å². The van der Waals surface area contributed by atoms with E-state index in [1.54, 1.807) is 0 Å². The molecule has 0 spiro atoms. The molecule has 1 unspecified atom stereocenters. The zero-order valence-corrected chi connectivity index (χ0v) is 13.2. The van der Waals surface area contributed by atoms with E-state index in [0.29, 0.717) is 6.07 Å². The van der Waals surface area contributed by atoms with Crippen LogP contribution in [0.2, 0.25) is 0 Å². The minimum Gasteiger partial charge on any atom is -0.465 e. The van der Waals surface area contributed by atoms with Crippen molar-refractivity contribution in [1.29, 1.82) is 0 Å². The van der Waals surface area contributed by atoms with Crippen LogP contribution in [0.15, 0.2) is 29.2 Å². The zero-order chi connectivity index (χ0) is 19.0. The predicted molar refractivity (Wildman–Crippen MR) is 84.0 cm³/mol. The van der Waals surface area contributed by atoms with E-state index in [1.807, 2.05) is 0 Å². The fourth-order valence-corrected chi connectivity index (χ4v) is 2.61. The summed E-state index contributed by atoms with van der Waals surface area (Å²) in [6.45, 7) is 1.39. The van der Waals surface area contributed by atoms with E-state index >= 15 is 0 Å². The van der Waals surface area contributed by atoms with Crippen LogP contribution in [0.5, 0.6) is 0 Å². The van der Waals surface area contributed by atoms with Crippen molar-refractivity contribution >= 4 is 17.0 Å². The molecule has 0 saturated carbocycles. The minimum atomic E-state index is -3.07. The number of benzene rings is 1. The number of rotatable bonds is 4. The van der Waals surface area contributed by atoms with Crippen LogP contribution >= 0.6 is 0 Å². The molecule has 3 rings (SSSR count). The van der Waals surface area contributed by atoms with Gasteiger partial charge in [-0.2, -0.15) is 5.10 Å². The van der Waals surface area contributed by atoms with Crippen molar-refractivity contribution in [3.8, 4) is 5.82 Å². The summed E-state index contributed by atoms with van der Waals surface area (Å²) < 4.78 is 41.3. The summed E-state index contributed by atoms with van der Waals surface area (Å²) in [4.78, 5) is 27.8. The molecule has 0 radical (unpaired) electrons. The first-order valence-corrected chi connectivity index (χ1v) is 7.33. The van der Waals surface area contributed by atoms with Crippen molar-refractivity contribution in [2.24, 2.45) is 0 Å².